The molecule has 26 heavy (non-hydrogen) atoms. The normalized spacial score (nSPS) is 16.1. The van der Waals surface area contributed by atoms with Gasteiger partial charge in [-0.15, -0.1) is 0 Å². The number of hydrogen-bond acceptors (Lipinski definition) is 4. The molecule has 1 aliphatic rings. The van der Waals surface area contributed by atoms with Gasteiger partial charge in [0.1, 0.15) is 0 Å². The van der Waals surface area contributed by atoms with Crippen LogP contribution < -0.4 is 16.0 Å². The Hall–Kier alpha value is -1.92. The maximum Gasteiger partial charge on any atom is 0.251 e. The second-order valence-corrected chi connectivity index (χ2v) is 6.95. The maximum atomic E-state index is 12.7. The first-order chi connectivity index (χ1) is 12.6. The molecule has 1 aromatic carbocycles. The third kappa shape index (κ3) is 5.54. The lowest BCUT2D eigenvalue weighted by Crippen LogP contribution is -2.49. The Bertz CT molecular complexity index is 575. The van der Waals surface area contributed by atoms with Crippen molar-refractivity contribution in [1.29, 1.82) is 0 Å². The van der Waals surface area contributed by atoms with Crippen molar-refractivity contribution in [1.82, 2.24) is 16.0 Å². The molecule has 0 aromatic heterocycles. The minimum Gasteiger partial charge on any atom is -0.384 e. The molecular formula is C20H31N3O3. The highest BCUT2D eigenvalue weighted by Gasteiger charge is 2.39. The fourth-order valence-corrected chi connectivity index (χ4v) is 3.24. The Balaban J connectivity index is 1.88. The molecule has 1 heterocycles. The van der Waals surface area contributed by atoms with Gasteiger partial charge >= 0.3 is 0 Å². The average Bonchev–Trinajstić information content (AvgIpc) is 2.67. The van der Waals surface area contributed by atoms with Crippen molar-refractivity contribution >= 4 is 11.8 Å². The summed E-state index contributed by atoms with van der Waals surface area (Å²) in [4.78, 5) is 24.7. The number of carbonyl (C=O) groups is 2. The summed E-state index contributed by atoms with van der Waals surface area (Å²) in [6.07, 6.45) is 3.60. The lowest BCUT2D eigenvalue weighted by Gasteiger charge is -2.35. The fraction of sp³-hybridized carbons (Fsp3) is 0.600. The predicted octanol–water partition coefficient (Wildman–Crippen LogP) is 1.85. The molecule has 0 radical (unpaired) electrons. The summed E-state index contributed by atoms with van der Waals surface area (Å²) in [6.45, 7) is 5.35. The van der Waals surface area contributed by atoms with Gasteiger partial charge in [-0.3, -0.25) is 9.59 Å². The van der Waals surface area contributed by atoms with Gasteiger partial charge in [0.05, 0.1) is 12.0 Å². The van der Waals surface area contributed by atoms with E-state index in [9.17, 15) is 9.59 Å². The zero-order valence-corrected chi connectivity index (χ0v) is 15.9. The van der Waals surface area contributed by atoms with Crippen LogP contribution in [0.5, 0.6) is 0 Å². The first kappa shape index (κ1) is 20.4. The van der Waals surface area contributed by atoms with Gasteiger partial charge in [0.2, 0.25) is 5.91 Å². The van der Waals surface area contributed by atoms with Crippen molar-refractivity contribution in [3.63, 3.8) is 0 Å². The van der Waals surface area contributed by atoms with Crippen LogP contribution in [-0.4, -0.2) is 45.2 Å². The zero-order chi connectivity index (χ0) is 18.8. The summed E-state index contributed by atoms with van der Waals surface area (Å²) in [5, 5.41) is 9.23. The van der Waals surface area contributed by atoms with Gasteiger partial charge in [0, 0.05) is 25.8 Å². The molecule has 2 amide bonds. The van der Waals surface area contributed by atoms with E-state index in [1.54, 1.807) is 19.2 Å². The summed E-state index contributed by atoms with van der Waals surface area (Å²) >= 11 is 0. The highest BCUT2D eigenvalue weighted by Crippen LogP contribution is 2.29. The molecule has 1 saturated heterocycles. The standard InChI is InChI=1S/C20H31N3O3/c1-3-4-11-22-18(24)17-7-5-16(6-8-17)14-23-19(25)20(15-26-2)9-12-21-13-10-20/h5-8,21H,3-4,9-15H2,1-2H3,(H,22,24)(H,23,25). The van der Waals surface area contributed by atoms with Crippen molar-refractivity contribution in [2.24, 2.45) is 5.41 Å². The van der Waals surface area contributed by atoms with E-state index in [0.717, 1.165) is 44.3 Å². The first-order valence-electron chi connectivity index (χ1n) is 9.46. The van der Waals surface area contributed by atoms with Crippen molar-refractivity contribution in [3.05, 3.63) is 35.4 Å². The number of amides is 2. The van der Waals surface area contributed by atoms with Crippen LogP contribution >= 0.6 is 0 Å². The molecule has 0 aliphatic carbocycles. The van der Waals surface area contributed by atoms with Crippen molar-refractivity contribution in [3.8, 4) is 0 Å². The number of methoxy groups -OCH3 is 1. The molecule has 1 aromatic rings. The second-order valence-electron chi connectivity index (χ2n) is 6.95. The molecule has 0 spiro atoms. The third-order valence-corrected chi connectivity index (χ3v) is 4.95. The SMILES string of the molecule is CCCCNC(=O)c1ccc(CNC(=O)C2(COC)CCNCC2)cc1. The molecule has 6 heteroatoms. The van der Waals surface area contributed by atoms with E-state index in [1.165, 1.54) is 0 Å². The first-order valence-corrected chi connectivity index (χ1v) is 9.46. The monoisotopic (exact) mass is 361 g/mol. The van der Waals surface area contributed by atoms with E-state index in [0.29, 0.717) is 25.3 Å². The molecule has 0 saturated carbocycles. The van der Waals surface area contributed by atoms with Crippen molar-refractivity contribution in [2.45, 2.75) is 39.2 Å². The average molecular weight is 361 g/mol. The number of nitrogens with one attached hydrogen (secondary N) is 3. The predicted molar refractivity (Wildman–Crippen MR) is 102 cm³/mol. The van der Waals surface area contributed by atoms with Gasteiger partial charge in [-0.25, -0.2) is 0 Å². The van der Waals surface area contributed by atoms with E-state index in [-0.39, 0.29) is 11.8 Å². The smallest absolute Gasteiger partial charge is 0.251 e. The number of piperidine rings is 1. The maximum absolute atomic E-state index is 12.7. The van der Waals surface area contributed by atoms with Crippen LogP contribution in [0.3, 0.4) is 0 Å². The Morgan fingerprint density at radius 1 is 1.15 bits per heavy atom. The topological polar surface area (TPSA) is 79.5 Å². The van der Waals surface area contributed by atoms with Crippen LogP contribution in [0.1, 0.15) is 48.5 Å². The third-order valence-electron chi connectivity index (χ3n) is 4.95. The minimum absolute atomic E-state index is 0.0437. The summed E-state index contributed by atoms with van der Waals surface area (Å²) in [7, 11) is 1.64. The van der Waals surface area contributed by atoms with Gasteiger partial charge < -0.3 is 20.7 Å². The summed E-state index contributed by atoms with van der Waals surface area (Å²) in [6, 6.07) is 7.39. The van der Waals surface area contributed by atoms with E-state index >= 15 is 0 Å². The summed E-state index contributed by atoms with van der Waals surface area (Å²) in [5.74, 6) is -0.00924. The molecule has 1 aliphatic heterocycles. The Kier molecular flexibility index (Phi) is 8.06. The molecular weight excluding hydrogens is 330 g/mol. The Labute approximate surface area is 156 Å². The van der Waals surface area contributed by atoms with Gasteiger partial charge in [-0.05, 0) is 50.0 Å². The van der Waals surface area contributed by atoms with Crippen LogP contribution in [0, 0.1) is 5.41 Å². The van der Waals surface area contributed by atoms with Crippen LogP contribution in [0.4, 0.5) is 0 Å². The quantitative estimate of drug-likeness (QED) is 0.587. The van der Waals surface area contributed by atoms with E-state index in [4.69, 9.17) is 4.74 Å². The molecule has 3 N–H and O–H groups in total. The van der Waals surface area contributed by atoms with Gasteiger partial charge in [-0.2, -0.15) is 0 Å². The molecule has 2 rings (SSSR count). The molecule has 144 valence electrons. The number of unbranched alkanes of at least 4 members (excludes halogenated alkanes) is 1. The number of benzene rings is 1. The molecule has 1 fully saturated rings. The lowest BCUT2D eigenvalue weighted by atomic mass is 9.78. The minimum atomic E-state index is -0.445. The molecule has 6 nitrogen and oxygen atoms in total. The van der Waals surface area contributed by atoms with Crippen LogP contribution in [-0.2, 0) is 16.1 Å². The second kappa shape index (κ2) is 10.3. The number of carbonyl (C=O) groups excluding carboxylic acids is 2. The van der Waals surface area contributed by atoms with Crippen LogP contribution in [0.25, 0.3) is 0 Å². The van der Waals surface area contributed by atoms with Gasteiger partial charge in [0.15, 0.2) is 0 Å². The van der Waals surface area contributed by atoms with E-state index < -0.39 is 5.41 Å². The summed E-state index contributed by atoms with van der Waals surface area (Å²) < 4.78 is 5.31. The van der Waals surface area contributed by atoms with E-state index in [2.05, 4.69) is 22.9 Å². The highest BCUT2D eigenvalue weighted by molar-refractivity contribution is 5.94. The molecule has 0 unspecified atom stereocenters. The molecule has 0 bridgehead atoms. The van der Waals surface area contributed by atoms with E-state index in [1.807, 2.05) is 12.1 Å². The van der Waals surface area contributed by atoms with Crippen molar-refractivity contribution in [2.75, 3.05) is 33.4 Å². The summed E-state index contributed by atoms with van der Waals surface area (Å²) in [5.41, 5.74) is 1.18. The zero-order valence-electron chi connectivity index (χ0n) is 15.9. The molecule has 0 atom stereocenters. The Morgan fingerprint density at radius 2 is 1.85 bits per heavy atom. The number of rotatable bonds is 9. The fourth-order valence-electron chi connectivity index (χ4n) is 3.24. The number of hydrogen-bond donors (Lipinski definition) is 3. The Morgan fingerprint density at radius 3 is 2.46 bits per heavy atom. The highest BCUT2D eigenvalue weighted by atomic mass is 16.5. The number of ether oxygens (including phenoxy) is 1. The van der Waals surface area contributed by atoms with Crippen LogP contribution in [0.15, 0.2) is 24.3 Å². The van der Waals surface area contributed by atoms with Crippen LogP contribution in [0.2, 0.25) is 0 Å². The van der Waals surface area contributed by atoms with Gasteiger partial charge in [0.25, 0.3) is 5.91 Å². The lowest BCUT2D eigenvalue weighted by molar-refractivity contribution is -0.136. The largest absolute Gasteiger partial charge is 0.384 e. The van der Waals surface area contributed by atoms with Gasteiger partial charge in [-0.1, -0.05) is 25.5 Å². The van der Waals surface area contributed by atoms with Crippen molar-refractivity contribution < 1.29 is 14.3 Å².